The molecular weight excluding hydrogens is 282 g/mol. The Hall–Kier alpha value is -1.60. The van der Waals surface area contributed by atoms with Crippen molar-refractivity contribution in [3.8, 4) is 0 Å². The maximum Gasteiger partial charge on any atom is 0.335 e. The molecule has 2 unspecified atom stereocenters. The first-order valence-corrected chi connectivity index (χ1v) is 8.21. The van der Waals surface area contributed by atoms with E-state index < -0.39 is 28.0 Å². The second-order valence-corrected chi connectivity index (χ2v) is 7.46. The van der Waals surface area contributed by atoms with E-state index in [4.69, 9.17) is 5.11 Å². The predicted octanol–water partition coefficient (Wildman–Crippen LogP) is -0.0948. The van der Waals surface area contributed by atoms with Crippen LogP contribution in [0.4, 0.5) is 5.69 Å². The number of anilines is 1. The Morgan fingerprint density at radius 3 is 2.65 bits per heavy atom. The number of aliphatic hydroxyl groups is 1. The lowest BCUT2D eigenvalue weighted by Gasteiger charge is -2.28. The molecule has 108 valence electrons. The van der Waals surface area contributed by atoms with Crippen molar-refractivity contribution < 1.29 is 23.4 Å². The number of rotatable bonds is 2. The monoisotopic (exact) mass is 297 g/mol. The SMILES string of the molecule is O=C(O)c1ccc2c(c1)N(C1CS(=O)(=O)CC1O)CC2. The number of aliphatic hydroxyl groups excluding tert-OH is 1. The van der Waals surface area contributed by atoms with Crippen molar-refractivity contribution >= 4 is 21.5 Å². The van der Waals surface area contributed by atoms with Crippen LogP contribution in [0.2, 0.25) is 0 Å². The molecule has 0 radical (unpaired) electrons. The summed E-state index contributed by atoms with van der Waals surface area (Å²) in [6, 6.07) is 4.38. The second-order valence-electron chi connectivity index (χ2n) is 5.30. The van der Waals surface area contributed by atoms with Gasteiger partial charge in [0.2, 0.25) is 0 Å². The Morgan fingerprint density at radius 2 is 2.05 bits per heavy atom. The molecule has 0 amide bonds. The smallest absolute Gasteiger partial charge is 0.335 e. The molecule has 0 aliphatic carbocycles. The number of benzene rings is 1. The van der Waals surface area contributed by atoms with Gasteiger partial charge in [0.1, 0.15) is 0 Å². The summed E-state index contributed by atoms with van der Waals surface area (Å²) >= 11 is 0. The topological polar surface area (TPSA) is 94.9 Å². The number of nitrogens with zero attached hydrogens (tertiary/aromatic N) is 1. The van der Waals surface area contributed by atoms with Gasteiger partial charge in [-0.25, -0.2) is 13.2 Å². The first-order valence-electron chi connectivity index (χ1n) is 6.39. The van der Waals surface area contributed by atoms with Crippen LogP contribution in [0.15, 0.2) is 18.2 Å². The Labute approximate surface area is 116 Å². The number of aromatic carboxylic acids is 1. The van der Waals surface area contributed by atoms with Gasteiger partial charge in [-0.05, 0) is 24.1 Å². The van der Waals surface area contributed by atoms with Crippen LogP contribution in [0.25, 0.3) is 0 Å². The maximum atomic E-state index is 11.6. The Kier molecular flexibility index (Phi) is 2.98. The fourth-order valence-electron chi connectivity index (χ4n) is 2.99. The fraction of sp³-hybridized carbons (Fsp3) is 0.462. The minimum absolute atomic E-state index is 0.0785. The Morgan fingerprint density at radius 1 is 1.30 bits per heavy atom. The van der Waals surface area contributed by atoms with Gasteiger partial charge in [-0.2, -0.15) is 0 Å². The maximum absolute atomic E-state index is 11.6. The molecule has 2 N–H and O–H groups in total. The van der Waals surface area contributed by atoms with Crippen molar-refractivity contribution in [2.45, 2.75) is 18.6 Å². The van der Waals surface area contributed by atoms with Crippen LogP contribution in [0.5, 0.6) is 0 Å². The van der Waals surface area contributed by atoms with Gasteiger partial charge in [0.25, 0.3) is 0 Å². The van der Waals surface area contributed by atoms with Crippen molar-refractivity contribution in [3.05, 3.63) is 29.3 Å². The van der Waals surface area contributed by atoms with Gasteiger partial charge in [-0.3, -0.25) is 0 Å². The fourth-order valence-corrected chi connectivity index (χ4v) is 4.79. The lowest BCUT2D eigenvalue weighted by Crippen LogP contribution is -2.42. The minimum atomic E-state index is -3.22. The third kappa shape index (κ3) is 2.16. The van der Waals surface area contributed by atoms with Crippen molar-refractivity contribution in [2.24, 2.45) is 0 Å². The molecule has 0 bridgehead atoms. The summed E-state index contributed by atoms with van der Waals surface area (Å²) in [6.07, 6.45) is -0.183. The van der Waals surface area contributed by atoms with Gasteiger partial charge in [0, 0.05) is 12.2 Å². The summed E-state index contributed by atoms with van der Waals surface area (Å²) in [4.78, 5) is 12.9. The minimum Gasteiger partial charge on any atom is -0.478 e. The van der Waals surface area contributed by atoms with Gasteiger partial charge in [-0.1, -0.05) is 6.07 Å². The van der Waals surface area contributed by atoms with E-state index in [1.54, 1.807) is 18.2 Å². The van der Waals surface area contributed by atoms with E-state index in [1.165, 1.54) is 0 Å². The molecule has 6 nitrogen and oxygen atoms in total. The highest BCUT2D eigenvalue weighted by Gasteiger charge is 2.41. The van der Waals surface area contributed by atoms with E-state index in [9.17, 15) is 18.3 Å². The predicted molar refractivity (Wildman–Crippen MR) is 72.9 cm³/mol. The van der Waals surface area contributed by atoms with Crippen LogP contribution in [0.3, 0.4) is 0 Å². The highest BCUT2D eigenvalue weighted by molar-refractivity contribution is 7.91. The van der Waals surface area contributed by atoms with Crippen LogP contribution in [-0.2, 0) is 16.3 Å². The number of carboxylic acids is 1. The molecule has 0 saturated carbocycles. The van der Waals surface area contributed by atoms with Crippen molar-refractivity contribution in [1.82, 2.24) is 0 Å². The zero-order chi connectivity index (χ0) is 14.5. The number of sulfone groups is 1. The average Bonchev–Trinajstić information content (AvgIpc) is 2.88. The number of hydrogen-bond acceptors (Lipinski definition) is 5. The highest BCUT2D eigenvalue weighted by Crippen LogP contribution is 2.33. The summed E-state index contributed by atoms with van der Waals surface area (Å²) in [6.45, 7) is 0.607. The van der Waals surface area contributed by atoms with Crippen molar-refractivity contribution in [1.29, 1.82) is 0 Å². The first-order chi connectivity index (χ1) is 9.37. The van der Waals surface area contributed by atoms with Crippen LogP contribution in [-0.4, -0.2) is 54.8 Å². The molecule has 7 heteroatoms. The van der Waals surface area contributed by atoms with Crippen molar-refractivity contribution in [2.75, 3.05) is 23.0 Å². The van der Waals surface area contributed by atoms with Gasteiger partial charge < -0.3 is 15.1 Å². The molecule has 2 aliphatic heterocycles. The van der Waals surface area contributed by atoms with Gasteiger partial charge >= 0.3 is 5.97 Å². The molecule has 2 aliphatic rings. The van der Waals surface area contributed by atoms with Gasteiger partial charge in [0.05, 0.1) is 29.2 Å². The molecule has 3 rings (SSSR count). The van der Waals surface area contributed by atoms with Gasteiger partial charge in [0.15, 0.2) is 9.84 Å². The van der Waals surface area contributed by atoms with E-state index in [-0.39, 0.29) is 17.1 Å². The summed E-state index contributed by atoms with van der Waals surface area (Å²) in [5, 5.41) is 19.0. The molecule has 1 aromatic rings. The number of carbonyl (C=O) groups is 1. The normalized spacial score (nSPS) is 27.6. The molecule has 1 saturated heterocycles. The van der Waals surface area contributed by atoms with E-state index >= 15 is 0 Å². The van der Waals surface area contributed by atoms with Gasteiger partial charge in [-0.15, -0.1) is 0 Å². The first kappa shape index (κ1) is 13.4. The third-order valence-electron chi connectivity index (χ3n) is 3.96. The highest BCUT2D eigenvalue weighted by atomic mass is 32.2. The third-order valence-corrected chi connectivity index (χ3v) is 5.66. The lowest BCUT2D eigenvalue weighted by atomic mass is 10.1. The number of hydrogen-bond donors (Lipinski definition) is 2. The lowest BCUT2D eigenvalue weighted by molar-refractivity contribution is 0.0697. The molecule has 0 aromatic heterocycles. The standard InChI is InChI=1S/C13H15NO5S/c15-12-7-20(18,19)6-11(12)14-4-3-8-1-2-9(13(16)17)5-10(8)14/h1-2,5,11-12,15H,3-4,6-7H2,(H,16,17). The quantitative estimate of drug-likeness (QED) is 0.792. The van der Waals surface area contributed by atoms with E-state index in [1.807, 2.05) is 4.90 Å². The molecule has 2 heterocycles. The summed E-state index contributed by atoms with van der Waals surface area (Å²) in [5.74, 6) is -1.31. The molecule has 0 spiro atoms. The van der Waals surface area contributed by atoms with Crippen LogP contribution < -0.4 is 4.90 Å². The molecule has 20 heavy (non-hydrogen) atoms. The second kappa shape index (κ2) is 4.46. The summed E-state index contributed by atoms with van der Waals surface area (Å²) in [5.41, 5.74) is 1.89. The van der Waals surface area contributed by atoms with E-state index in [0.717, 1.165) is 17.7 Å². The molecule has 1 aromatic carbocycles. The van der Waals surface area contributed by atoms with E-state index in [0.29, 0.717) is 6.54 Å². The molecular formula is C13H15NO5S. The summed E-state index contributed by atoms with van der Waals surface area (Å²) < 4.78 is 23.2. The van der Waals surface area contributed by atoms with Crippen LogP contribution in [0.1, 0.15) is 15.9 Å². The summed E-state index contributed by atoms with van der Waals surface area (Å²) in [7, 11) is -3.22. The zero-order valence-electron chi connectivity index (χ0n) is 10.7. The Bertz CT molecular complexity index is 669. The number of carboxylic acid groups (broad SMARTS) is 1. The zero-order valence-corrected chi connectivity index (χ0v) is 11.5. The largest absolute Gasteiger partial charge is 0.478 e. The van der Waals surface area contributed by atoms with E-state index in [2.05, 4.69) is 0 Å². The van der Waals surface area contributed by atoms with Crippen LogP contribution >= 0.6 is 0 Å². The Balaban J connectivity index is 1.96. The average molecular weight is 297 g/mol. The number of fused-ring (bicyclic) bond motifs is 1. The molecule has 2 atom stereocenters. The van der Waals surface area contributed by atoms with Crippen molar-refractivity contribution in [3.63, 3.8) is 0 Å². The van der Waals surface area contributed by atoms with Crippen LogP contribution in [0, 0.1) is 0 Å². The molecule has 1 fully saturated rings.